The molecule has 5 rings (SSSR count). The number of hydrogen-bond donors (Lipinski definition) is 4. The van der Waals surface area contributed by atoms with Crippen LogP contribution in [0.25, 0.3) is 11.2 Å². The molecule has 2 aliphatic heterocycles. The van der Waals surface area contributed by atoms with Gasteiger partial charge in [-0.25, -0.2) is 15.0 Å². The lowest BCUT2D eigenvalue weighted by atomic mass is 9.80. The first-order chi connectivity index (χ1) is 18.4. The number of carbonyl (C=O) groups is 2. The second-order valence-electron chi connectivity index (χ2n) is 10.3. The maximum absolute atomic E-state index is 12.7. The predicted molar refractivity (Wildman–Crippen MR) is 137 cm³/mol. The number of aromatic nitrogens is 4. The summed E-state index contributed by atoms with van der Waals surface area (Å²) in [6, 6.07) is 0. The summed E-state index contributed by atoms with van der Waals surface area (Å²) in [4.78, 5) is 39.9. The first-order valence-electron chi connectivity index (χ1n) is 13.4. The first-order valence-corrected chi connectivity index (χ1v) is 13.4. The summed E-state index contributed by atoms with van der Waals surface area (Å²) in [6.45, 7) is 3.92. The van der Waals surface area contributed by atoms with Gasteiger partial charge in [-0.1, -0.05) is 5.92 Å². The molecule has 2 amide bonds. The molecule has 5 N–H and O–H groups in total. The van der Waals surface area contributed by atoms with Crippen LogP contribution in [0.4, 0.5) is 5.82 Å². The number of nitrogen functional groups attached to an aromatic ring is 1. The Balaban J connectivity index is 1.25. The van der Waals surface area contributed by atoms with Crippen molar-refractivity contribution in [3.63, 3.8) is 0 Å². The number of aliphatic hydroxyl groups excluding tert-OH is 2. The van der Waals surface area contributed by atoms with Gasteiger partial charge in [0.25, 0.3) is 5.91 Å². The quantitative estimate of drug-likeness (QED) is 0.402. The van der Waals surface area contributed by atoms with Gasteiger partial charge in [0.2, 0.25) is 11.7 Å². The van der Waals surface area contributed by atoms with Gasteiger partial charge >= 0.3 is 0 Å². The van der Waals surface area contributed by atoms with E-state index in [9.17, 15) is 19.8 Å². The molecule has 0 bridgehead atoms. The fourth-order valence-electron chi connectivity index (χ4n) is 5.64. The van der Waals surface area contributed by atoms with Gasteiger partial charge in [0.1, 0.15) is 17.7 Å². The Labute approximate surface area is 221 Å². The molecule has 1 unspecified atom stereocenters. The van der Waals surface area contributed by atoms with Crippen molar-refractivity contribution in [1.29, 1.82) is 0 Å². The average Bonchev–Trinajstić information content (AvgIpc) is 3.65. The van der Waals surface area contributed by atoms with E-state index in [1.54, 1.807) is 6.92 Å². The van der Waals surface area contributed by atoms with Crippen molar-refractivity contribution in [3.8, 4) is 11.8 Å². The van der Waals surface area contributed by atoms with Crippen LogP contribution in [0.15, 0.2) is 6.33 Å². The number of fused-ring (bicyclic) bond motifs is 1. The third-order valence-electron chi connectivity index (χ3n) is 7.77. The summed E-state index contributed by atoms with van der Waals surface area (Å²) < 4.78 is 7.13. The van der Waals surface area contributed by atoms with Crippen molar-refractivity contribution in [2.45, 2.75) is 76.4 Å². The zero-order chi connectivity index (χ0) is 26.8. The van der Waals surface area contributed by atoms with Crippen LogP contribution in [0.5, 0.6) is 0 Å². The van der Waals surface area contributed by atoms with Crippen molar-refractivity contribution >= 4 is 28.8 Å². The maximum atomic E-state index is 12.7. The number of aliphatic hydroxyl groups is 2. The molecule has 204 valence electrons. The van der Waals surface area contributed by atoms with E-state index in [0.717, 1.165) is 51.6 Å². The minimum Gasteiger partial charge on any atom is -0.387 e. The van der Waals surface area contributed by atoms with E-state index in [4.69, 9.17) is 10.5 Å². The van der Waals surface area contributed by atoms with E-state index in [-0.39, 0.29) is 23.2 Å². The lowest BCUT2D eigenvalue weighted by molar-refractivity contribution is -0.137. The van der Waals surface area contributed by atoms with Crippen LogP contribution in [-0.2, 0) is 14.3 Å². The molecule has 0 aromatic carbocycles. The molecule has 0 spiro atoms. The molecule has 2 aromatic rings. The Morgan fingerprint density at radius 3 is 2.61 bits per heavy atom. The molecular weight excluding hydrogens is 490 g/mol. The normalized spacial score (nSPS) is 29.3. The molecule has 12 heteroatoms. The molecule has 3 fully saturated rings. The number of anilines is 1. The summed E-state index contributed by atoms with van der Waals surface area (Å²) in [5, 5.41) is 23.5. The van der Waals surface area contributed by atoms with E-state index >= 15 is 0 Å². The summed E-state index contributed by atoms with van der Waals surface area (Å²) in [7, 11) is 0. The average molecular weight is 526 g/mol. The van der Waals surface area contributed by atoms with Gasteiger partial charge in [-0.15, -0.1) is 0 Å². The van der Waals surface area contributed by atoms with Crippen LogP contribution in [0.1, 0.15) is 63.9 Å². The third-order valence-corrected chi connectivity index (χ3v) is 7.77. The number of rotatable bonds is 5. The third kappa shape index (κ3) is 5.18. The fraction of sp³-hybridized carbons (Fsp3) is 0.654. The predicted octanol–water partition coefficient (Wildman–Crippen LogP) is 0.334. The van der Waals surface area contributed by atoms with Crippen molar-refractivity contribution in [1.82, 2.24) is 29.7 Å². The van der Waals surface area contributed by atoms with Crippen molar-refractivity contribution in [2.75, 3.05) is 25.4 Å². The highest BCUT2D eigenvalue weighted by atomic mass is 16.6. The SMILES string of the molecule is CCNC(=O)[C@H]1O[C@@H](n2cnc3c(N)nc(C#CCC4CCC(C(=O)N5CCCC5)CC4)nc32)C(O)[C@H]1O. The Morgan fingerprint density at radius 1 is 1.16 bits per heavy atom. The van der Waals surface area contributed by atoms with Gasteiger partial charge < -0.3 is 30.9 Å². The highest BCUT2D eigenvalue weighted by molar-refractivity contribution is 5.83. The van der Waals surface area contributed by atoms with Gasteiger partial charge in [0, 0.05) is 32.0 Å². The molecule has 38 heavy (non-hydrogen) atoms. The van der Waals surface area contributed by atoms with Crippen molar-refractivity contribution < 1.29 is 24.5 Å². The van der Waals surface area contributed by atoms with Crippen LogP contribution in [0, 0.1) is 23.7 Å². The Bertz CT molecular complexity index is 1240. The van der Waals surface area contributed by atoms with Crippen LogP contribution < -0.4 is 11.1 Å². The zero-order valence-corrected chi connectivity index (χ0v) is 21.5. The number of ether oxygens (including phenoxy) is 1. The van der Waals surface area contributed by atoms with Gasteiger partial charge in [-0.05, 0) is 57.3 Å². The highest BCUT2D eigenvalue weighted by Crippen LogP contribution is 2.33. The number of nitrogens with two attached hydrogens (primary N) is 1. The Morgan fingerprint density at radius 2 is 1.89 bits per heavy atom. The van der Waals surface area contributed by atoms with Gasteiger partial charge in [0.05, 0.1) is 6.33 Å². The number of likely N-dealkylation sites (N-methyl/N-ethyl adjacent to an activating group) is 1. The first kappa shape index (κ1) is 26.3. The molecule has 1 aliphatic carbocycles. The van der Waals surface area contributed by atoms with E-state index < -0.39 is 30.4 Å². The van der Waals surface area contributed by atoms with E-state index in [1.807, 2.05) is 4.90 Å². The van der Waals surface area contributed by atoms with Crippen molar-refractivity contribution in [2.24, 2.45) is 11.8 Å². The number of amides is 2. The fourth-order valence-corrected chi connectivity index (χ4v) is 5.64. The molecule has 4 atom stereocenters. The number of nitrogens with zero attached hydrogens (tertiary/aromatic N) is 5. The second-order valence-corrected chi connectivity index (χ2v) is 10.3. The number of imidazole rings is 1. The lowest BCUT2D eigenvalue weighted by Crippen LogP contribution is -2.42. The van der Waals surface area contributed by atoms with E-state index in [2.05, 4.69) is 32.1 Å². The monoisotopic (exact) mass is 525 g/mol. The molecular formula is C26H35N7O5. The van der Waals surface area contributed by atoms with E-state index in [1.165, 1.54) is 10.9 Å². The summed E-state index contributed by atoms with van der Waals surface area (Å²) in [5.41, 5.74) is 6.70. The summed E-state index contributed by atoms with van der Waals surface area (Å²) >= 11 is 0. The van der Waals surface area contributed by atoms with Crippen LogP contribution in [-0.4, -0.2) is 84.4 Å². The van der Waals surface area contributed by atoms with Crippen molar-refractivity contribution in [3.05, 3.63) is 12.2 Å². The molecule has 2 saturated heterocycles. The largest absolute Gasteiger partial charge is 0.387 e. The molecule has 12 nitrogen and oxygen atoms in total. The molecule has 3 aliphatic rings. The topological polar surface area (TPSA) is 169 Å². The number of hydrogen-bond acceptors (Lipinski definition) is 9. The van der Waals surface area contributed by atoms with Gasteiger partial charge in [0.15, 0.2) is 23.8 Å². The molecule has 2 aromatic heterocycles. The summed E-state index contributed by atoms with van der Waals surface area (Å²) in [6.07, 6.45) is 2.94. The van der Waals surface area contributed by atoms with Crippen LogP contribution in [0.3, 0.4) is 0 Å². The Kier molecular flexibility index (Phi) is 7.78. The Hall–Kier alpha value is -3.27. The number of likely N-dealkylation sites (tertiary alicyclic amines) is 1. The minimum absolute atomic E-state index is 0.132. The lowest BCUT2D eigenvalue weighted by Gasteiger charge is -2.29. The molecule has 1 saturated carbocycles. The number of nitrogens with one attached hydrogen (secondary N) is 1. The summed E-state index contributed by atoms with van der Waals surface area (Å²) in [5.74, 6) is 6.87. The van der Waals surface area contributed by atoms with E-state index in [0.29, 0.717) is 30.3 Å². The highest BCUT2D eigenvalue weighted by Gasteiger charge is 2.47. The molecule has 0 radical (unpaired) electrons. The molecule has 4 heterocycles. The minimum atomic E-state index is -1.41. The zero-order valence-electron chi connectivity index (χ0n) is 21.5. The van der Waals surface area contributed by atoms with Gasteiger partial charge in [-0.2, -0.15) is 0 Å². The smallest absolute Gasteiger partial charge is 0.252 e. The standard InChI is InChI=1S/C26H35N7O5/c1-2-28-24(36)21-19(34)20(35)26(38-21)33-14-29-18-22(27)30-17(31-23(18)33)7-5-6-15-8-10-16(11-9-15)25(37)32-12-3-4-13-32/h14-16,19-21,26,34-35H,2-4,6,8-13H2,1H3,(H,28,36)(H2,27,30,31)/t15?,16?,19-,20?,21+,26-/m1/s1. The maximum Gasteiger partial charge on any atom is 0.252 e. The number of carbonyl (C=O) groups excluding carboxylic acids is 2. The van der Waals surface area contributed by atoms with Crippen LogP contribution >= 0.6 is 0 Å². The van der Waals surface area contributed by atoms with Crippen LogP contribution in [0.2, 0.25) is 0 Å². The second kappa shape index (κ2) is 11.2. The van der Waals surface area contributed by atoms with Gasteiger partial charge in [-0.3, -0.25) is 14.2 Å².